The lowest BCUT2D eigenvalue weighted by Gasteiger charge is -2.03. The second kappa shape index (κ2) is 3.79. The highest BCUT2D eigenvalue weighted by molar-refractivity contribution is 9.10. The number of aromatic nitrogens is 3. The Labute approximate surface area is 89.9 Å². The van der Waals surface area contributed by atoms with Crippen LogP contribution in [0.2, 0.25) is 0 Å². The van der Waals surface area contributed by atoms with Crippen LogP contribution in [0.5, 0.6) is 0 Å². The second-order valence-electron chi connectivity index (χ2n) is 2.94. The molecule has 2 N–H and O–H groups in total. The van der Waals surface area contributed by atoms with Crippen molar-refractivity contribution in [1.82, 2.24) is 14.8 Å². The van der Waals surface area contributed by atoms with E-state index in [4.69, 9.17) is 5.73 Å². The number of pyridine rings is 1. The van der Waals surface area contributed by atoms with E-state index in [0.717, 1.165) is 10.0 Å². The standard InChI is InChI=1S/C9H9BrN4/c10-9-4-12-2-1-7(9)5-14-6-8(11)3-13-14/h1-4,6H,5,11H2. The van der Waals surface area contributed by atoms with Crippen molar-refractivity contribution in [3.63, 3.8) is 0 Å². The maximum Gasteiger partial charge on any atom is 0.0719 e. The van der Waals surface area contributed by atoms with Gasteiger partial charge in [-0.05, 0) is 27.6 Å². The van der Waals surface area contributed by atoms with Crippen molar-refractivity contribution in [1.29, 1.82) is 0 Å². The Morgan fingerprint density at radius 2 is 2.29 bits per heavy atom. The predicted octanol–water partition coefficient (Wildman–Crippen LogP) is 1.67. The molecular weight excluding hydrogens is 244 g/mol. The van der Waals surface area contributed by atoms with Crippen LogP contribution in [0.1, 0.15) is 5.56 Å². The van der Waals surface area contributed by atoms with Gasteiger partial charge in [0.15, 0.2) is 0 Å². The van der Waals surface area contributed by atoms with Gasteiger partial charge < -0.3 is 5.73 Å². The number of anilines is 1. The van der Waals surface area contributed by atoms with E-state index < -0.39 is 0 Å². The Morgan fingerprint density at radius 3 is 2.93 bits per heavy atom. The first-order valence-electron chi connectivity index (χ1n) is 4.12. The highest BCUT2D eigenvalue weighted by Crippen LogP contribution is 2.15. The lowest BCUT2D eigenvalue weighted by atomic mass is 10.3. The fourth-order valence-electron chi connectivity index (χ4n) is 1.17. The first-order chi connectivity index (χ1) is 6.75. The summed E-state index contributed by atoms with van der Waals surface area (Å²) in [6.07, 6.45) is 6.96. The molecule has 0 aliphatic carbocycles. The van der Waals surface area contributed by atoms with Gasteiger partial charge in [-0.15, -0.1) is 0 Å². The van der Waals surface area contributed by atoms with E-state index in [2.05, 4.69) is 26.0 Å². The van der Waals surface area contributed by atoms with Crippen molar-refractivity contribution in [2.75, 3.05) is 5.73 Å². The first-order valence-corrected chi connectivity index (χ1v) is 4.91. The molecule has 0 aromatic carbocycles. The average Bonchev–Trinajstić information content (AvgIpc) is 2.56. The van der Waals surface area contributed by atoms with Gasteiger partial charge in [-0.3, -0.25) is 9.67 Å². The third kappa shape index (κ3) is 1.93. The number of hydrogen-bond acceptors (Lipinski definition) is 3. The van der Waals surface area contributed by atoms with E-state index in [0.29, 0.717) is 12.2 Å². The summed E-state index contributed by atoms with van der Waals surface area (Å²) in [4.78, 5) is 3.99. The van der Waals surface area contributed by atoms with Crippen LogP contribution in [0.4, 0.5) is 5.69 Å². The summed E-state index contributed by atoms with van der Waals surface area (Å²) >= 11 is 3.43. The number of nitrogens with two attached hydrogens (primary N) is 1. The molecule has 2 aromatic rings. The number of rotatable bonds is 2. The summed E-state index contributed by atoms with van der Waals surface area (Å²) in [6.45, 7) is 0.695. The zero-order valence-electron chi connectivity index (χ0n) is 7.39. The lowest BCUT2D eigenvalue weighted by Crippen LogP contribution is -2.00. The van der Waals surface area contributed by atoms with Gasteiger partial charge in [0.1, 0.15) is 0 Å². The predicted molar refractivity (Wildman–Crippen MR) is 57.7 cm³/mol. The molecule has 5 heteroatoms. The first kappa shape index (κ1) is 9.21. The SMILES string of the molecule is Nc1cnn(Cc2ccncc2Br)c1. The quantitative estimate of drug-likeness (QED) is 0.885. The zero-order valence-corrected chi connectivity index (χ0v) is 8.98. The number of nitrogens with zero attached hydrogens (tertiary/aromatic N) is 3. The van der Waals surface area contributed by atoms with Crippen LogP contribution in [-0.4, -0.2) is 14.8 Å². The van der Waals surface area contributed by atoms with Crippen molar-refractivity contribution in [2.24, 2.45) is 0 Å². The van der Waals surface area contributed by atoms with E-state index >= 15 is 0 Å². The van der Waals surface area contributed by atoms with Crippen molar-refractivity contribution in [3.8, 4) is 0 Å². The Balaban J connectivity index is 2.23. The third-order valence-corrected chi connectivity index (χ3v) is 2.56. The Morgan fingerprint density at radius 1 is 1.43 bits per heavy atom. The molecule has 0 amide bonds. The van der Waals surface area contributed by atoms with Crippen molar-refractivity contribution < 1.29 is 0 Å². The minimum atomic E-state index is 0.676. The molecule has 0 unspecified atom stereocenters. The number of hydrogen-bond donors (Lipinski definition) is 1. The van der Waals surface area contributed by atoms with Crippen molar-refractivity contribution in [2.45, 2.75) is 6.54 Å². The topological polar surface area (TPSA) is 56.7 Å². The summed E-state index contributed by atoms with van der Waals surface area (Å²) in [5.74, 6) is 0. The summed E-state index contributed by atoms with van der Waals surface area (Å²) < 4.78 is 2.77. The maximum atomic E-state index is 5.56. The molecule has 0 spiro atoms. The highest BCUT2D eigenvalue weighted by Gasteiger charge is 2.00. The molecule has 0 radical (unpaired) electrons. The summed E-state index contributed by atoms with van der Waals surface area (Å²) in [5.41, 5.74) is 7.37. The van der Waals surface area contributed by atoms with Gasteiger partial charge in [0.05, 0.1) is 18.4 Å². The van der Waals surface area contributed by atoms with Gasteiger partial charge in [0, 0.05) is 23.1 Å². The third-order valence-electron chi connectivity index (χ3n) is 1.84. The molecule has 14 heavy (non-hydrogen) atoms. The fraction of sp³-hybridized carbons (Fsp3) is 0.111. The highest BCUT2D eigenvalue weighted by atomic mass is 79.9. The van der Waals surface area contributed by atoms with Crippen LogP contribution < -0.4 is 5.73 Å². The van der Waals surface area contributed by atoms with Gasteiger partial charge in [-0.2, -0.15) is 5.10 Å². The molecule has 2 heterocycles. The summed E-state index contributed by atoms with van der Waals surface area (Å²) in [5, 5.41) is 4.10. The molecule has 4 nitrogen and oxygen atoms in total. The molecule has 0 fully saturated rings. The van der Waals surface area contributed by atoms with E-state index in [-0.39, 0.29) is 0 Å². The van der Waals surface area contributed by atoms with Gasteiger partial charge in [0.2, 0.25) is 0 Å². The van der Waals surface area contributed by atoms with Gasteiger partial charge >= 0.3 is 0 Å². The normalized spacial score (nSPS) is 10.4. The van der Waals surface area contributed by atoms with Crippen LogP contribution in [0.3, 0.4) is 0 Å². The molecule has 0 saturated heterocycles. The monoisotopic (exact) mass is 252 g/mol. The smallest absolute Gasteiger partial charge is 0.0719 e. The largest absolute Gasteiger partial charge is 0.396 e. The minimum absolute atomic E-state index is 0.676. The van der Waals surface area contributed by atoms with E-state index in [1.807, 2.05) is 6.07 Å². The number of nitrogen functional groups attached to an aromatic ring is 1. The average molecular weight is 253 g/mol. The van der Waals surface area contributed by atoms with Crippen LogP contribution in [0, 0.1) is 0 Å². The second-order valence-corrected chi connectivity index (χ2v) is 3.79. The molecule has 0 aliphatic heterocycles. The van der Waals surface area contributed by atoms with E-state index in [1.54, 1.807) is 29.5 Å². The van der Waals surface area contributed by atoms with Gasteiger partial charge in [0.25, 0.3) is 0 Å². The summed E-state index contributed by atoms with van der Waals surface area (Å²) in [7, 11) is 0. The van der Waals surface area contributed by atoms with E-state index in [9.17, 15) is 0 Å². The lowest BCUT2D eigenvalue weighted by molar-refractivity contribution is 0.684. The Kier molecular flexibility index (Phi) is 2.49. The van der Waals surface area contributed by atoms with Crippen molar-refractivity contribution >= 4 is 21.6 Å². The van der Waals surface area contributed by atoms with Crippen LogP contribution in [0.15, 0.2) is 35.3 Å². The van der Waals surface area contributed by atoms with Crippen molar-refractivity contribution in [3.05, 3.63) is 40.9 Å². The van der Waals surface area contributed by atoms with E-state index in [1.165, 1.54) is 0 Å². The Hall–Kier alpha value is -1.36. The zero-order chi connectivity index (χ0) is 9.97. The molecule has 2 rings (SSSR count). The molecule has 0 aliphatic rings. The molecular formula is C9H9BrN4. The summed E-state index contributed by atoms with van der Waals surface area (Å²) in [6, 6.07) is 1.95. The number of halogens is 1. The fourth-order valence-corrected chi connectivity index (χ4v) is 1.55. The molecule has 2 aromatic heterocycles. The van der Waals surface area contributed by atoms with Crippen LogP contribution in [-0.2, 0) is 6.54 Å². The molecule has 0 atom stereocenters. The van der Waals surface area contributed by atoms with Gasteiger partial charge in [-0.1, -0.05) is 0 Å². The maximum absolute atomic E-state index is 5.56. The molecule has 0 saturated carbocycles. The Bertz CT molecular complexity index is 438. The minimum Gasteiger partial charge on any atom is -0.396 e. The molecule has 0 bridgehead atoms. The van der Waals surface area contributed by atoms with Gasteiger partial charge in [-0.25, -0.2) is 0 Å². The van der Waals surface area contributed by atoms with Crippen LogP contribution >= 0.6 is 15.9 Å². The molecule has 72 valence electrons. The van der Waals surface area contributed by atoms with Crippen LogP contribution in [0.25, 0.3) is 0 Å².